The van der Waals surface area contributed by atoms with Gasteiger partial charge in [0.2, 0.25) is 0 Å². The van der Waals surface area contributed by atoms with E-state index in [1.165, 1.54) is 21.4 Å². The lowest BCUT2D eigenvalue weighted by atomic mass is 9.99. The molecule has 1 aliphatic heterocycles. The zero-order chi connectivity index (χ0) is 14.2. The standard InChI is InChI=1S/C17H17N3S/c18-17-19-15-6-5-12(9-16(15)21-17)10-20-8-7-13-3-1-2-4-14(13)11-20/h1-6,9H,7-8,10-11H2,(H2,18,19). The fourth-order valence-corrected chi connectivity index (χ4v) is 3.83. The minimum absolute atomic E-state index is 0.647. The van der Waals surface area contributed by atoms with Gasteiger partial charge in [0.15, 0.2) is 5.13 Å². The second-order valence-electron chi connectivity index (χ2n) is 5.58. The molecule has 0 amide bonds. The molecular formula is C17H17N3S. The number of thiazole rings is 1. The van der Waals surface area contributed by atoms with E-state index in [1.807, 2.05) is 0 Å². The first-order valence-electron chi connectivity index (χ1n) is 7.22. The lowest BCUT2D eigenvalue weighted by Gasteiger charge is -2.28. The van der Waals surface area contributed by atoms with Crippen molar-refractivity contribution >= 4 is 26.7 Å². The van der Waals surface area contributed by atoms with Crippen LogP contribution in [0.5, 0.6) is 0 Å². The Balaban J connectivity index is 1.55. The van der Waals surface area contributed by atoms with E-state index in [0.717, 1.165) is 31.6 Å². The van der Waals surface area contributed by atoms with Crippen LogP contribution in [-0.4, -0.2) is 16.4 Å². The van der Waals surface area contributed by atoms with Crippen LogP contribution in [0.2, 0.25) is 0 Å². The van der Waals surface area contributed by atoms with Gasteiger partial charge < -0.3 is 5.73 Å². The third-order valence-electron chi connectivity index (χ3n) is 4.09. The van der Waals surface area contributed by atoms with Crippen LogP contribution < -0.4 is 5.73 Å². The largest absolute Gasteiger partial charge is 0.375 e. The van der Waals surface area contributed by atoms with Crippen LogP contribution in [-0.2, 0) is 19.5 Å². The van der Waals surface area contributed by atoms with E-state index in [9.17, 15) is 0 Å². The summed E-state index contributed by atoms with van der Waals surface area (Å²) in [5, 5.41) is 0.647. The SMILES string of the molecule is Nc1nc2ccc(CN3CCc4ccccc4C3)cc2s1. The van der Waals surface area contributed by atoms with Crippen LogP contribution in [0.4, 0.5) is 5.13 Å². The van der Waals surface area contributed by atoms with Gasteiger partial charge in [-0.15, -0.1) is 0 Å². The van der Waals surface area contributed by atoms with Gasteiger partial charge in [-0.25, -0.2) is 4.98 Å². The maximum absolute atomic E-state index is 5.77. The van der Waals surface area contributed by atoms with Gasteiger partial charge in [-0.3, -0.25) is 4.90 Å². The molecule has 4 rings (SSSR count). The number of nitrogens with two attached hydrogens (primary N) is 1. The van der Waals surface area contributed by atoms with Gasteiger partial charge in [0.1, 0.15) is 0 Å². The third-order valence-corrected chi connectivity index (χ3v) is 4.93. The maximum Gasteiger partial charge on any atom is 0.181 e. The maximum atomic E-state index is 5.77. The Labute approximate surface area is 128 Å². The number of anilines is 1. The molecule has 2 heterocycles. The van der Waals surface area contributed by atoms with E-state index in [1.54, 1.807) is 11.3 Å². The zero-order valence-corrected chi connectivity index (χ0v) is 12.6. The summed E-state index contributed by atoms with van der Waals surface area (Å²) in [5.41, 5.74) is 11.1. The van der Waals surface area contributed by atoms with Gasteiger partial charge in [0.05, 0.1) is 10.2 Å². The molecule has 106 valence electrons. The predicted octanol–water partition coefficient (Wildman–Crippen LogP) is 3.44. The molecule has 4 heteroatoms. The Morgan fingerprint density at radius 1 is 1.14 bits per heavy atom. The highest BCUT2D eigenvalue weighted by Crippen LogP contribution is 2.26. The van der Waals surface area contributed by atoms with Gasteiger partial charge in [-0.2, -0.15) is 0 Å². The Morgan fingerprint density at radius 3 is 2.90 bits per heavy atom. The summed E-state index contributed by atoms with van der Waals surface area (Å²) in [6, 6.07) is 15.2. The summed E-state index contributed by atoms with van der Waals surface area (Å²) >= 11 is 1.57. The molecule has 0 spiro atoms. The summed E-state index contributed by atoms with van der Waals surface area (Å²) in [7, 11) is 0. The number of aromatic nitrogens is 1. The van der Waals surface area contributed by atoms with Crippen LogP contribution in [0.1, 0.15) is 16.7 Å². The normalized spacial score (nSPS) is 15.2. The lowest BCUT2D eigenvalue weighted by molar-refractivity contribution is 0.245. The number of benzene rings is 2. The molecule has 3 aromatic rings. The molecule has 3 nitrogen and oxygen atoms in total. The Bertz CT molecular complexity index is 794. The van der Waals surface area contributed by atoms with Crippen LogP contribution in [0.25, 0.3) is 10.2 Å². The fourth-order valence-electron chi connectivity index (χ4n) is 3.03. The highest BCUT2D eigenvalue weighted by Gasteiger charge is 2.16. The molecule has 0 saturated carbocycles. The van der Waals surface area contributed by atoms with Crippen molar-refractivity contribution in [1.82, 2.24) is 9.88 Å². The Kier molecular flexibility index (Phi) is 3.13. The minimum atomic E-state index is 0.647. The second kappa shape index (κ2) is 5.13. The van der Waals surface area contributed by atoms with Gasteiger partial charge in [0, 0.05) is 19.6 Å². The summed E-state index contributed by atoms with van der Waals surface area (Å²) in [5.74, 6) is 0. The van der Waals surface area contributed by atoms with Crippen molar-refractivity contribution in [3.05, 3.63) is 59.2 Å². The Morgan fingerprint density at radius 2 is 2.00 bits per heavy atom. The average molecular weight is 295 g/mol. The van der Waals surface area contributed by atoms with Crippen molar-refractivity contribution in [2.75, 3.05) is 12.3 Å². The average Bonchev–Trinajstić information content (AvgIpc) is 2.86. The number of fused-ring (bicyclic) bond motifs is 2. The quantitative estimate of drug-likeness (QED) is 0.787. The van der Waals surface area contributed by atoms with E-state index in [4.69, 9.17) is 5.73 Å². The first-order valence-corrected chi connectivity index (χ1v) is 8.04. The first-order chi connectivity index (χ1) is 10.3. The molecule has 1 aliphatic rings. The summed E-state index contributed by atoms with van der Waals surface area (Å²) < 4.78 is 1.18. The van der Waals surface area contributed by atoms with Gasteiger partial charge in [-0.1, -0.05) is 41.7 Å². The van der Waals surface area contributed by atoms with Crippen LogP contribution in [0.15, 0.2) is 42.5 Å². The van der Waals surface area contributed by atoms with Crippen LogP contribution >= 0.6 is 11.3 Å². The number of hydrogen-bond acceptors (Lipinski definition) is 4. The van der Waals surface area contributed by atoms with Crippen LogP contribution in [0, 0.1) is 0 Å². The molecule has 0 unspecified atom stereocenters. The van der Waals surface area contributed by atoms with Crippen molar-refractivity contribution in [2.24, 2.45) is 0 Å². The van der Waals surface area contributed by atoms with Gasteiger partial charge in [-0.05, 0) is 35.2 Å². The van der Waals surface area contributed by atoms with E-state index in [-0.39, 0.29) is 0 Å². The van der Waals surface area contributed by atoms with E-state index in [0.29, 0.717) is 5.13 Å². The van der Waals surface area contributed by atoms with Crippen molar-refractivity contribution in [1.29, 1.82) is 0 Å². The molecule has 0 fully saturated rings. The third kappa shape index (κ3) is 2.52. The number of nitrogen functional groups attached to an aromatic ring is 1. The first kappa shape index (κ1) is 12.8. The zero-order valence-electron chi connectivity index (χ0n) is 11.7. The highest BCUT2D eigenvalue weighted by molar-refractivity contribution is 7.22. The summed E-state index contributed by atoms with van der Waals surface area (Å²) in [6.45, 7) is 3.15. The molecule has 2 N–H and O–H groups in total. The van der Waals surface area contributed by atoms with Gasteiger partial charge in [0.25, 0.3) is 0 Å². The molecule has 2 aromatic carbocycles. The summed E-state index contributed by atoms with van der Waals surface area (Å²) in [6.07, 6.45) is 1.14. The fraction of sp³-hybridized carbons (Fsp3) is 0.235. The van der Waals surface area contributed by atoms with Crippen molar-refractivity contribution < 1.29 is 0 Å². The molecule has 0 bridgehead atoms. The van der Waals surface area contributed by atoms with Gasteiger partial charge >= 0.3 is 0 Å². The van der Waals surface area contributed by atoms with E-state index < -0.39 is 0 Å². The van der Waals surface area contributed by atoms with Crippen molar-refractivity contribution in [3.8, 4) is 0 Å². The second-order valence-corrected chi connectivity index (χ2v) is 6.65. The molecule has 0 radical (unpaired) electrons. The molecule has 1 aromatic heterocycles. The van der Waals surface area contributed by atoms with E-state index in [2.05, 4.69) is 52.3 Å². The Hall–Kier alpha value is -1.91. The lowest BCUT2D eigenvalue weighted by Crippen LogP contribution is -2.29. The monoisotopic (exact) mass is 295 g/mol. The smallest absolute Gasteiger partial charge is 0.181 e. The minimum Gasteiger partial charge on any atom is -0.375 e. The van der Waals surface area contributed by atoms with Crippen molar-refractivity contribution in [2.45, 2.75) is 19.5 Å². The topological polar surface area (TPSA) is 42.1 Å². The number of rotatable bonds is 2. The molecular weight excluding hydrogens is 278 g/mol. The molecule has 21 heavy (non-hydrogen) atoms. The molecule has 0 atom stereocenters. The number of nitrogens with zero attached hydrogens (tertiary/aromatic N) is 2. The van der Waals surface area contributed by atoms with Crippen molar-refractivity contribution in [3.63, 3.8) is 0 Å². The number of hydrogen-bond donors (Lipinski definition) is 1. The van der Waals surface area contributed by atoms with Crippen LogP contribution in [0.3, 0.4) is 0 Å². The molecule has 0 saturated heterocycles. The molecule has 0 aliphatic carbocycles. The predicted molar refractivity (Wildman–Crippen MR) is 88.3 cm³/mol. The summed E-state index contributed by atoms with van der Waals surface area (Å²) in [4.78, 5) is 6.82. The van der Waals surface area contributed by atoms with E-state index >= 15 is 0 Å². The highest BCUT2D eigenvalue weighted by atomic mass is 32.1.